The number of anilines is 1. The Morgan fingerprint density at radius 3 is 2.60 bits per heavy atom. The predicted molar refractivity (Wildman–Crippen MR) is 79.5 cm³/mol. The van der Waals surface area contributed by atoms with Crippen molar-refractivity contribution in [3.05, 3.63) is 28.7 Å². The molecule has 104 valence electrons. The van der Waals surface area contributed by atoms with Gasteiger partial charge in [-0.3, -0.25) is 9.59 Å². The first-order valence-corrected chi connectivity index (χ1v) is 7.39. The molecule has 0 saturated heterocycles. The molecule has 1 N–H and O–H groups in total. The summed E-state index contributed by atoms with van der Waals surface area (Å²) in [6.45, 7) is 0. The molecular weight excluding hydrogens is 322 g/mol. The van der Waals surface area contributed by atoms with E-state index in [2.05, 4.69) is 26.3 Å². The van der Waals surface area contributed by atoms with Crippen molar-refractivity contribution in [1.29, 1.82) is 0 Å². The molecule has 1 fully saturated rings. The average molecular weight is 336 g/mol. The standard InChI is InChI=1S/C14H14BrN3O2/c15-9-1-5-11(6-2-9)18-13(19)8-7-12(17-18)14(20)16-10-3-4-10/h1-2,5-6,10H,3-4,7-8H2,(H,16,20). The van der Waals surface area contributed by atoms with Crippen LogP contribution in [0.2, 0.25) is 0 Å². The van der Waals surface area contributed by atoms with Crippen molar-refractivity contribution < 1.29 is 9.59 Å². The molecular formula is C14H14BrN3O2. The van der Waals surface area contributed by atoms with Gasteiger partial charge in [-0.2, -0.15) is 5.10 Å². The third-order valence-corrected chi connectivity index (χ3v) is 3.81. The first-order valence-electron chi connectivity index (χ1n) is 6.60. The van der Waals surface area contributed by atoms with E-state index in [9.17, 15) is 9.59 Å². The molecule has 1 aliphatic carbocycles. The number of benzene rings is 1. The Labute approximate surface area is 125 Å². The number of carbonyl (C=O) groups excluding carboxylic acids is 2. The molecule has 2 amide bonds. The Kier molecular flexibility index (Phi) is 3.56. The van der Waals surface area contributed by atoms with E-state index < -0.39 is 0 Å². The summed E-state index contributed by atoms with van der Waals surface area (Å²) in [7, 11) is 0. The molecule has 0 spiro atoms. The van der Waals surface area contributed by atoms with Crippen molar-refractivity contribution in [1.82, 2.24) is 5.32 Å². The Balaban J connectivity index is 1.82. The SMILES string of the molecule is O=C(NC1CC1)C1=NN(c2ccc(Br)cc2)C(=O)CC1. The minimum atomic E-state index is -0.151. The van der Waals surface area contributed by atoms with E-state index in [4.69, 9.17) is 0 Å². The second-order valence-corrected chi connectivity index (χ2v) is 5.89. The number of nitrogens with one attached hydrogen (secondary N) is 1. The first kappa shape index (κ1) is 13.3. The monoisotopic (exact) mass is 335 g/mol. The maximum Gasteiger partial charge on any atom is 0.267 e. The van der Waals surface area contributed by atoms with E-state index in [0.29, 0.717) is 30.3 Å². The number of nitrogens with zero attached hydrogens (tertiary/aromatic N) is 2. The molecule has 0 atom stereocenters. The quantitative estimate of drug-likeness (QED) is 0.920. The van der Waals surface area contributed by atoms with Gasteiger partial charge in [-0.05, 0) is 37.1 Å². The van der Waals surface area contributed by atoms with Gasteiger partial charge in [0.2, 0.25) is 5.91 Å². The summed E-state index contributed by atoms with van der Waals surface area (Å²) in [6.07, 6.45) is 2.79. The summed E-state index contributed by atoms with van der Waals surface area (Å²) in [6, 6.07) is 7.58. The summed E-state index contributed by atoms with van der Waals surface area (Å²) >= 11 is 3.35. The lowest BCUT2D eigenvalue weighted by molar-refractivity contribution is -0.118. The summed E-state index contributed by atoms with van der Waals surface area (Å²) < 4.78 is 0.932. The molecule has 20 heavy (non-hydrogen) atoms. The van der Waals surface area contributed by atoms with Gasteiger partial charge in [0.05, 0.1) is 5.69 Å². The molecule has 0 bridgehead atoms. The van der Waals surface area contributed by atoms with Gasteiger partial charge >= 0.3 is 0 Å². The molecule has 5 nitrogen and oxygen atoms in total. The van der Waals surface area contributed by atoms with Crippen molar-refractivity contribution in [3.8, 4) is 0 Å². The van der Waals surface area contributed by atoms with Crippen LogP contribution in [0.3, 0.4) is 0 Å². The summed E-state index contributed by atoms with van der Waals surface area (Å²) in [4.78, 5) is 24.0. The van der Waals surface area contributed by atoms with Gasteiger partial charge in [-0.15, -0.1) is 0 Å². The molecule has 2 aliphatic rings. The van der Waals surface area contributed by atoms with Crippen LogP contribution in [0.15, 0.2) is 33.8 Å². The van der Waals surface area contributed by atoms with E-state index >= 15 is 0 Å². The lowest BCUT2D eigenvalue weighted by atomic mass is 10.1. The maximum atomic E-state index is 12.0. The minimum Gasteiger partial charge on any atom is -0.348 e. The highest BCUT2D eigenvalue weighted by Gasteiger charge is 2.29. The largest absolute Gasteiger partial charge is 0.348 e. The minimum absolute atomic E-state index is 0.0877. The molecule has 1 aliphatic heterocycles. The highest BCUT2D eigenvalue weighted by Crippen LogP contribution is 2.23. The fourth-order valence-electron chi connectivity index (χ4n) is 2.00. The van der Waals surface area contributed by atoms with Crippen LogP contribution in [0, 0.1) is 0 Å². The van der Waals surface area contributed by atoms with Gasteiger partial charge in [0.25, 0.3) is 5.91 Å². The van der Waals surface area contributed by atoms with Crippen molar-refractivity contribution in [2.24, 2.45) is 5.10 Å². The summed E-state index contributed by atoms with van der Waals surface area (Å²) in [5.41, 5.74) is 1.11. The van der Waals surface area contributed by atoms with Crippen LogP contribution in [0.4, 0.5) is 5.69 Å². The van der Waals surface area contributed by atoms with Gasteiger partial charge in [0.1, 0.15) is 5.71 Å². The smallest absolute Gasteiger partial charge is 0.267 e. The van der Waals surface area contributed by atoms with Crippen LogP contribution in [-0.2, 0) is 9.59 Å². The highest BCUT2D eigenvalue weighted by atomic mass is 79.9. The van der Waals surface area contributed by atoms with Gasteiger partial charge in [-0.25, -0.2) is 5.01 Å². The molecule has 3 rings (SSSR count). The molecule has 1 heterocycles. The van der Waals surface area contributed by atoms with Crippen LogP contribution in [-0.4, -0.2) is 23.6 Å². The highest BCUT2D eigenvalue weighted by molar-refractivity contribution is 9.10. The number of halogens is 1. The first-order chi connectivity index (χ1) is 9.63. The molecule has 6 heteroatoms. The fourth-order valence-corrected chi connectivity index (χ4v) is 2.26. The van der Waals surface area contributed by atoms with Crippen LogP contribution < -0.4 is 10.3 Å². The molecule has 1 aromatic carbocycles. The van der Waals surface area contributed by atoms with Crippen LogP contribution in [0.5, 0.6) is 0 Å². The average Bonchev–Trinajstić information content (AvgIpc) is 3.24. The Morgan fingerprint density at radius 1 is 1.25 bits per heavy atom. The van der Waals surface area contributed by atoms with Crippen molar-refractivity contribution >= 4 is 39.1 Å². The van der Waals surface area contributed by atoms with Crippen molar-refractivity contribution in [3.63, 3.8) is 0 Å². The molecule has 0 radical (unpaired) electrons. The Bertz CT molecular complexity index is 579. The molecule has 0 unspecified atom stereocenters. The Morgan fingerprint density at radius 2 is 1.95 bits per heavy atom. The normalized spacial score (nSPS) is 18.8. The van der Waals surface area contributed by atoms with Crippen LogP contribution in [0.1, 0.15) is 25.7 Å². The lowest BCUT2D eigenvalue weighted by Crippen LogP contribution is -2.39. The Hall–Kier alpha value is -1.69. The number of amides is 2. The zero-order valence-electron chi connectivity index (χ0n) is 10.8. The zero-order valence-corrected chi connectivity index (χ0v) is 12.4. The fraction of sp³-hybridized carbons (Fsp3) is 0.357. The van der Waals surface area contributed by atoms with E-state index in [-0.39, 0.29) is 11.8 Å². The maximum absolute atomic E-state index is 12.0. The number of hydrazone groups is 1. The molecule has 0 aromatic heterocycles. The molecule has 1 aromatic rings. The van der Waals surface area contributed by atoms with E-state index in [1.165, 1.54) is 5.01 Å². The van der Waals surface area contributed by atoms with Gasteiger partial charge < -0.3 is 5.32 Å². The second kappa shape index (κ2) is 5.36. The number of rotatable bonds is 3. The van der Waals surface area contributed by atoms with Gasteiger partial charge in [0.15, 0.2) is 0 Å². The van der Waals surface area contributed by atoms with Crippen molar-refractivity contribution in [2.45, 2.75) is 31.7 Å². The molecule has 1 saturated carbocycles. The third-order valence-electron chi connectivity index (χ3n) is 3.28. The second-order valence-electron chi connectivity index (χ2n) is 4.98. The van der Waals surface area contributed by atoms with Crippen molar-refractivity contribution in [2.75, 3.05) is 5.01 Å². The number of hydrogen-bond donors (Lipinski definition) is 1. The van der Waals surface area contributed by atoms with E-state index in [0.717, 1.165) is 17.3 Å². The van der Waals surface area contributed by atoms with Gasteiger partial charge in [-0.1, -0.05) is 15.9 Å². The summed E-state index contributed by atoms with van der Waals surface area (Å²) in [5, 5.41) is 8.44. The van der Waals surface area contributed by atoms with E-state index in [1.807, 2.05) is 12.1 Å². The van der Waals surface area contributed by atoms with Crippen LogP contribution in [0.25, 0.3) is 0 Å². The van der Waals surface area contributed by atoms with E-state index in [1.54, 1.807) is 12.1 Å². The third kappa shape index (κ3) is 2.90. The summed E-state index contributed by atoms with van der Waals surface area (Å²) in [5.74, 6) is -0.239. The number of hydrogen-bond acceptors (Lipinski definition) is 3. The lowest BCUT2D eigenvalue weighted by Gasteiger charge is -2.23. The van der Waals surface area contributed by atoms with Crippen LogP contribution >= 0.6 is 15.9 Å². The zero-order chi connectivity index (χ0) is 14.1. The van der Waals surface area contributed by atoms with Gasteiger partial charge in [0, 0.05) is 23.4 Å². The topological polar surface area (TPSA) is 61.8 Å². The number of carbonyl (C=O) groups is 2. The predicted octanol–water partition coefficient (Wildman–Crippen LogP) is 2.21.